The number of halogens is 1. The third-order valence-corrected chi connectivity index (χ3v) is 5.34. The average molecular weight is 334 g/mol. The van der Waals surface area contributed by atoms with E-state index in [0.717, 1.165) is 12.0 Å². The molecule has 0 amide bonds. The van der Waals surface area contributed by atoms with Crippen molar-refractivity contribution in [1.29, 1.82) is 0 Å². The Morgan fingerprint density at radius 1 is 1.28 bits per heavy atom. The van der Waals surface area contributed by atoms with Gasteiger partial charge in [-0.2, -0.15) is 0 Å². The maximum Gasteiger partial charge on any atom is 0.240 e. The average Bonchev–Trinajstić information content (AvgIpc) is 2.35. The predicted molar refractivity (Wildman–Crippen MR) is 78.5 cm³/mol. The van der Waals surface area contributed by atoms with Crippen molar-refractivity contribution in [1.82, 2.24) is 4.72 Å². The highest BCUT2D eigenvalue weighted by atomic mass is 79.9. The van der Waals surface area contributed by atoms with Crippen LogP contribution in [0.1, 0.15) is 25.8 Å². The molecule has 3 nitrogen and oxygen atoms in total. The summed E-state index contributed by atoms with van der Waals surface area (Å²) in [6, 6.07) is 6.81. The summed E-state index contributed by atoms with van der Waals surface area (Å²) in [6.45, 7) is 6.04. The van der Waals surface area contributed by atoms with Crippen LogP contribution in [0, 0.1) is 12.8 Å². The fourth-order valence-electron chi connectivity index (χ4n) is 1.57. The van der Waals surface area contributed by atoms with Gasteiger partial charge in [0, 0.05) is 11.4 Å². The van der Waals surface area contributed by atoms with E-state index >= 15 is 0 Å². The maximum absolute atomic E-state index is 12.2. The second kappa shape index (κ2) is 6.68. The van der Waals surface area contributed by atoms with Crippen LogP contribution in [-0.4, -0.2) is 19.8 Å². The highest BCUT2D eigenvalue weighted by molar-refractivity contribution is 9.09. The minimum atomic E-state index is -3.42. The molecule has 1 aromatic rings. The molecular weight excluding hydrogens is 314 g/mol. The maximum atomic E-state index is 12.2. The van der Waals surface area contributed by atoms with Crippen molar-refractivity contribution in [2.75, 3.05) is 5.33 Å². The third kappa shape index (κ3) is 4.07. The number of hydrogen-bond acceptors (Lipinski definition) is 2. The second-order valence-corrected chi connectivity index (χ2v) is 6.94. The molecule has 0 aromatic heterocycles. The number of rotatable bonds is 6. The van der Waals surface area contributed by atoms with E-state index in [9.17, 15) is 8.42 Å². The van der Waals surface area contributed by atoms with Gasteiger partial charge in [0.25, 0.3) is 0 Å². The molecule has 5 heteroatoms. The Bertz CT molecular complexity index is 470. The highest BCUT2D eigenvalue weighted by Crippen LogP contribution is 2.15. The topological polar surface area (TPSA) is 46.2 Å². The van der Waals surface area contributed by atoms with Gasteiger partial charge in [-0.1, -0.05) is 53.9 Å². The first kappa shape index (κ1) is 15.7. The van der Waals surface area contributed by atoms with E-state index in [0.29, 0.717) is 16.1 Å². The first-order valence-corrected chi connectivity index (χ1v) is 8.66. The molecule has 0 aliphatic rings. The molecule has 0 spiro atoms. The Labute approximate surface area is 118 Å². The quantitative estimate of drug-likeness (QED) is 0.813. The monoisotopic (exact) mass is 333 g/mol. The van der Waals surface area contributed by atoms with Crippen molar-refractivity contribution in [2.24, 2.45) is 5.92 Å². The lowest BCUT2D eigenvalue weighted by Crippen LogP contribution is -2.40. The van der Waals surface area contributed by atoms with Gasteiger partial charge in [-0.3, -0.25) is 0 Å². The van der Waals surface area contributed by atoms with Crippen molar-refractivity contribution in [3.05, 3.63) is 29.8 Å². The SMILES string of the molecule is CC[C@H](C)[C@@H](CBr)NS(=O)(=O)c1ccc(C)cc1. The van der Waals surface area contributed by atoms with Crippen LogP contribution in [0.2, 0.25) is 0 Å². The summed E-state index contributed by atoms with van der Waals surface area (Å²) in [7, 11) is -3.42. The van der Waals surface area contributed by atoms with Crippen molar-refractivity contribution in [3.63, 3.8) is 0 Å². The van der Waals surface area contributed by atoms with Crippen LogP contribution in [0.3, 0.4) is 0 Å². The van der Waals surface area contributed by atoms with Crippen LogP contribution in [-0.2, 0) is 10.0 Å². The lowest BCUT2D eigenvalue weighted by Gasteiger charge is -2.22. The molecular formula is C13H20BrNO2S. The fourth-order valence-corrected chi connectivity index (χ4v) is 3.93. The fraction of sp³-hybridized carbons (Fsp3) is 0.538. The number of alkyl halides is 1. The number of nitrogens with one attached hydrogen (secondary N) is 1. The molecule has 0 unspecified atom stereocenters. The van der Waals surface area contributed by atoms with Crippen LogP contribution in [0.5, 0.6) is 0 Å². The molecule has 1 rings (SSSR count). The van der Waals surface area contributed by atoms with Crippen LogP contribution in [0.4, 0.5) is 0 Å². The van der Waals surface area contributed by atoms with E-state index in [4.69, 9.17) is 0 Å². The van der Waals surface area contributed by atoms with Gasteiger partial charge >= 0.3 is 0 Å². The number of benzene rings is 1. The summed E-state index contributed by atoms with van der Waals surface area (Å²) in [5.41, 5.74) is 1.05. The first-order valence-electron chi connectivity index (χ1n) is 6.05. The summed E-state index contributed by atoms with van der Waals surface area (Å²) < 4.78 is 27.2. The summed E-state index contributed by atoms with van der Waals surface area (Å²) in [6.07, 6.45) is 0.937. The standard InChI is InChI=1S/C13H20BrNO2S/c1-4-11(3)13(9-14)15-18(16,17)12-7-5-10(2)6-8-12/h5-8,11,13,15H,4,9H2,1-3H3/t11-,13+/m0/s1. The lowest BCUT2D eigenvalue weighted by molar-refractivity contribution is 0.440. The summed E-state index contributed by atoms with van der Waals surface area (Å²) in [5, 5.41) is 0.618. The summed E-state index contributed by atoms with van der Waals surface area (Å²) >= 11 is 3.37. The Kier molecular flexibility index (Phi) is 5.82. The molecule has 1 N–H and O–H groups in total. The van der Waals surface area contributed by atoms with E-state index in [2.05, 4.69) is 27.6 Å². The van der Waals surface area contributed by atoms with E-state index < -0.39 is 10.0 Å². The van der Waals surface area contributed by atoms with Gasteiger partial charge in [0.2, 0.25) is 10.0 Å². The minimum Gasteiger partial charge on any atom is -0.207 e. The molecule has 0 saturated carbocycles. The molecule has 18 heavy (non-hydrogen) atoms. The third-order valence-electron chi connectivity index (χ3n) is 3.13. The smallest absolute Gasteiger partial charge is 0.207 e. The molecule has 0 fully saturated rings. The molecule has 0 aliphatic heterocycles. The molecule has 102 valence electrons. The van der Waals surface area contributed by atoms with Crippen LogP contribution in [0.25, 0.3) is 0 Å². The number of aryl methyl sites for hydroxylation is 1. The van der Waals surface area contributed by atoms with Crippen LogP contribution >= 0.6 is 15.9 Å². The van der Waals surface area contributed by atoms with Crippen LogP contribution in [0.15, 0.2) is 29.2 Å². The van der Waals surface area contributed by atoms with Gasteiger partial charge in [0.1, 0.15) is 0 Å². The van der Waals surface area contributed by atoms with Gasteiger partial charge in [-0.05, 0) is 25.0 Å². The summed E-state index contributed by atoms with van der Waals surface area (Å²) in [5.74, 6) is 0.296. The zero-order valence-electron chi connectivity index (χ0n) is 11.0. The normalized spacial score (nSPS) is 15.3. The highest BCUT2D eigenvalue weighted by Gasteiger charge is 2.22. The van der Waals surface area contributed by atoms with Gasteiger partial charge in [-0.15, -0.1) is 0 Å². The summed E-state index contributed by atoms with van der Waals surface area (Å²) in [4.78, 5) is 0.322. The van der Waals surface area contributed by atoms with Crippen molar-refractivity contribution < 1.29 is 8.42 Å². The van der Waals surface area contributed by atoms with Gasteiger partial charge in [0.05, 0.1) is 4.90 Å². The molecule has 0 bridgehead atoms. The van der Waals surface area contributed by atoms with E-state index in [1.807, 2.05) is 13.8 Å². The largest absolute Gasteiger partial charge is 0.240 e. The molecule has 2 atom stereocenters. The molecule has 0 radical (unpaired) electrons. The minimum absolute atomic E-state index is 0.0821. The molecule has 0 saturated heterocycles. The van der Waals surface area contributed by atoms with Crippen molar-refractivity contribution in [2.45, 2.75) is 38.1 Å². The van der Waals surface area contributed by atoms with E-state index in [1.165, 1.54) is 0 Å². The van der Waals surface area contributed by atoms with Gasteiger partial charge in [0.15, 0.2) is 0 Å². The number of hydrogen-bond donors (Lipinski definition) is 1. The van der Waals surface area contributed by atoms with Crippen LogP contribution < -0.4 is 4.72 Å². The first-order chi connectivity index (χ1) is 8.40. The number of sulfonamides is 1. The predicted octanol–water partition coefficient (Wildman–Crippen LogP) is 3.08. The molecule has 1 aromatic carbocycles. The Balaban J connectivity index is 2.90. The zero-order chi connectivity index (χ0) is 13.8. The van der Waals surface area contributed by atoms with E-state index in [1.54, 1.807) is 24.3 Å². The van der Waals surface area contributed by atoms with Crippen molar-refractivity contribution >= 4 is 26.0 Å². The van der Waals surface area contributed by atoms with Gasteiger partial charge in [-0.25, -0.2) is 13.1 Å². The Hall–Kier alpha value is -0.390. The molecule has 0 aliphatic carbocycles. The Morgan fingerprint density at radius 3 is 2.28 bits per heavy atom. The lowest BCUT2D eigenvalue weighted by atomic mass is 10.0. The van der Waals surface area contributed by atoms with E-state index in [-0.39, 0.29) is 6.04 Å². The van der Waals surface area contributed by atoms with Gasteiger partial charge < -0.3 is 0 Å². The van der Waals surface area contributed by atoms with Crippen molar-refractivity contribution in [3.8, 4) is 0 Å². The zero-order valence-corrected chi connectivity index (χ0v) is 13.4. The second-order valence-electron chi connectivity index (χ2n) is 4.58. The Morgan fingerprint density at radius 2 is 1.83 bits per heavy atom. The molecule has 0 heterocycles.